The molecule has 2 aliphatic rings. The number of nitrogens with zero attached hydrogens (tertiary/aromatic N) is 4. The predicted molar refractivity (Wildman–Crippen MR) is 126 cm³/mol. The van der Waals surface area contributed by atoms with Crippen LogP contribution in [-0.4, -0.2) is 46.8 Å². The second-order valence-corrected chi connectivity index (χ2v) is 11.0. The second kappa shape index (κ2) is 8.92. The van der Waals surface area contributed by atoms with Gasteiger partial charge in [-0.25, -0.2) is 13.4 Å². The normalized spacial score (nSPS) is 17.6. The lowest BCUT2D eigenvalue weighted by Gasteiger charge is -2.31. The van der Waals surface area contributed by atoms with E-state index in [1.54, 1.807) is 25.3 Å². The first-order valence-electron chi connectivity index (χ1n) is 11.5. The Labute approximate surface area is 198 Å². The number of anilines is 1. The van der Waals surface area contributed by atoms with Crippen molar-refractivity contribution in [2.24, 2.45) is 5.92 Å². The zero-order valence-electron chi connectivity index (χ0n) is 19.2. The Morgan fingerprint density at radius 3 is 2.56 bits per heavy atom. The summed E-state index contributed by atoms with van der Waals surface area (Å²) in [4.78, 5) is 21.6. The zero-order chi connectivity index (χ0) is 23.9. The quantitative estimate of drug-likeness (QED) is 0.571. The first kappa shape index (κ1) is 22.7. The summed E-state index contributed by atoms with van der Waals surface area (Å²) in [5.41, 5.74) is 2.15. The molecule has 0 unspecified atom stereocenters. The molecule has 0 radical (unpaired) electrons. The SMILES string of the molecule is Cc1ccc(-c2noc(C3CC3)n2)cc1S(=O)(=O)N1CCC(C(=O)Nc2ncccc2C)CC1. The lowest BCUT2D eigenvalue weighted by atomic mass is 9.97. The fraction of sp³-hybridized carbons (Fsp3) is 0.417. The molecule has 3 heterocycles. The van der Waals surface area contributed by atoms with Crippen molar-refractivity contribution in [3.8, 4) is 11.4 Å². The van der Waals surface area contributed by atoms with Crippen molar-refractivity contribution in [2.75, 3.05) is 18.4 Å². The number of amides is 1. The minimum absolute atomic E-state index is 0.124. The van der Waals surface area contributed by atoms with Crippen LogP contribution in [-0.2, 0) is 14.8 Å². The highest BCUT2D eigenvalue weighted by Gasteiger charge is 2.34. The van der Waals surface area contributed by atoms with Gasteiger partial charge in [-0.15, -0.1) is 0 Å². The number of pyridine rings is 1. The van der Waals surface area contributed by atoms with E-state index in [0.29, 0.717) is 47.4 Å². The molecule has 0 atom stereocenters. The van der Waals surface area contributed by atoms with Gasteiger partial charge in [0.15, 0.2) is 0 Å². The number of hydrogen-bond donors (Lipinski definition) is 1. The first-order valence-corrected chi connectivity index (χ1v) is 12.9. The van der Waals surface area contributed by atoms with Crippen molar-refractivity contribution in [1.82, 2.24) is 19.4 Å². The number of nitrogens with one attached hydrogen (secondary N) is 1. The summed E-state index contributed by atoms with van der Waals surface area (Å²) in [6.45, 7) is 4.21. The molecule has 34 heavy (non-hydrogen) atoms. The summed E-state index contributed by atoms with van der Waals surface area (Å²) in [5, 5.41) is 6.91. The third-order valence-electron chi connectivity index (χ3n) is 6.51. The molecule has 1 aliphatic heterocycles. The molecule has 10 heteroatoms. The molecule has 0 bridgehead atoms. The molecule has 1 saturated heterocycles. The van der Waals surface area contributed by atoms with Gasteiger partial charge in [0.05, 0.1) is 4.90 Å². The molecule has 1 saturated carbocycles. The van der Waals surface area contributed by atoms with Gasteiger partial charge in [0.2, 0.25) is 27.6 Å². The molecular formula is C24H27N5O4S. The van der Waals surface area contributed by atoms with Gasteiger partial charge >= 0.3 is 0 Å². The van der Waals surface area contributed by atoms with Crippen LogP contribution in [0.15, 0.2) is 45.9 Å². The van der Waals surface area contributed by atoms with Crippen molar-refractivity contribution in [1.29, 1.82) is 0 Å². The van der Waals surface area contributed by atoms with Gasteiger partial charge in [-0.2, -0.15) is 9.29 Å². The van der Waals surface area contributed by atoms with Crippen LogP contribution in [0.5, 0.6) is 0 Å². The van der Waals surface area contributed by atoms with E-state index in [0.717, 1.165) is 18.4 Å². The standard InChI is InChI=1S/C24H27N5O4S/c1-15-5-6-19(22-27-24(33-28-22)18-7-8-18)14-20(15)34(31,32)29-12-9-17(10-13-29)23(30)26-21-16(2)4-3-11-25-21/h3-6,11,14,17-18H,7-10,12-13H2,1-2H3,(H,25,26,30). The number of piperidine rings is 1. The minimum Gasteiger partial charge on any atom is -0.339 e. The van der Waals surface area contributed by atoms with Gasteiger partial charge in [0.25, 0.3) is 0 Å². The monoisotopic (exact) mass is 481 g/mol. The molecule has 1 aliphatic carbocycles. The molecular weight excluding hydrogens is 454 g/mol. The Bertz CT molecular complexity index is 1320. The number of carbonyl (C=O) groups is 1. The summed E-state index contributed by atoms with van der Waals surface area (Å²) in [5.74, 6) is 1.50. The number of benzene rings is 1. The number of carbonyl (C=O) groups excluding carboxylic acids is 1. The van der Waals surface area contributed by atoms with Gasteiger partial charge in [-0.05, 0) is 62.8 Å². The van der Waals surface area contributed by atoms with Gasteiger partial charge in [-0.1, -0.05) is 23.4 Å². The summed E-state index contributed by atoms with van der Waals surface area (Å²) in [6.07, 6.45) is 4.63. The third kappa shape index (κ3) is 4.47. The van der Waals surface area contributed by atoms with Gasteiger partial charge < -0.3 is 9.84 Å². The van der Waals surface area contributed by atoms with Crippen molar-refractivity contribution in [3.63, 3.8) is 0 Å². The van der Waals surface area contributed by atoms with Crippen molar-refractivity contribution in [2.45, 2.75) is 50.3 Å². The predicted octanol–water partition coefficient (Wildman–Crippen LogP) is 3.67. The molecule has 2 aromatic heterocycles. The minimum atomic E-state index is -3.73. The maximum Gasteiger partial charge on any atom is 0.243 e. The van der Waals surface area contributed by atoms with Crippen LogP contribution in [0.1, 0.15) is 48.6 Å². The molecule has 1 aromatic carbocycles. The fourth-order valence-corrected chi connectivity index (χ4v) is 5.92. The average Bonchev–Trinajstić information content (AvgIpc) is 3.57. The van der Waals surface area contributed by atoms with Crippen LogP contribution in [0.2, 0.25) is 0 Å². The van der Waals surface area contributed by atoms with Crippen LogP contribution < -0.4 is 5.32 Å². The van der Waals surface area contributed by atoms with E-state index in [9.17, 15) is 13.2 Å². The van der Waals surface area contributed by atoms with Crippen LogP contribution >= 0.6 is 0 Å². The highest BCUT2D eigenvalue weighted by Crippen LogP contribution is 2.39. The molecule has 178 valence electrons. The van der Waals surface area contributed by atoms with Gasteiger partial charge in [-0.3, -0.25) is 4.79 Å². The Morgan fingerprint density at radius 2 is 1.85 bits per heavy atom. The second-order valence-electron chi connectivity index (χ2n) is 9.05. The van der Waals surface area contributed by atoms with Crippen molar-refractivity contribution < 1.29 is 17.7 Å². The Morgan fingerprint density at radius 1 is 1.09 bits per heavy atom. The first-order chi connectivity index (χ1) is 16.3. The Hall–Kier alpha value is -3.11. The van der Waals surface area contributed by atoms with Crippen molar-refractivity contribution >= 4 is 21.7 Å². The molecule has 1 amide bonds. The van der Waals surface area contributed by atoms with E-state index in [1.807, 2.05) is 25.1 Å². The number of sulfonamides is 1. The highest BCUT2D eigenvalue weighted by molar-refractivity contribution is 7.89. The largest absolute Gasteiger partial charge is 0.339 e. The number of rotatable bonds is 6. The molecule has 3 aromatic rings. The van der Waals surface area contributed by atoms with Crippen LogP contribution in [0, 0.1) is 19.8 Å². The molecule has 0 spiro atoms. The van der Waals surface area contributed by atoms with Gasteiger partial charge in [0.1, 0.15) is 5.82 Å². The van der Waals surface area contributed by atoms with Crippen LogP contribution in [0.4, 0.5) is 5.82 Å². The van der Waals surface area contributed by atoms with E-state index < -0.39 is 10.0 Å². The van der Waals surface area contributed by atoms with E-state index in [4.69, 9.17) is 4.52 Å². The lowest BCUT2D eigenvalue weighted by Crippen LogP contribution is -2.41. The molecule has 2 fully saturated rings. The average molecular weight is 482 g/mol. The number of aryl methyl sites for hydroxylation is 2. The summed E-state index contributed by atoms with van der Waals surface area (Å²) in [7, 11) is -3.73. The van der Waals surface area contributed by atoms with Crippen molar-refractivity contribution in [3.05, 3.63) is 53.5 Å². The smallest absolute Gasteiger partial charge is 0.243 e. The van der Waals surface area contributed by atoms with E-state index in [-0.39, 0.29) is 29.8 Å². The molecule has 5 rings (SSSR count). The maximum absolute atomic E-state index is 13.5. The number of hydrogen-bond acceptors (Lipinski definition) is 7. The lowest BCUT2D eigenvalue weighted by molar-refractivity contribution is -0.120. The summed E-state index contributed by atoms with van der Waals surface area (Å²) in [6, 6.07) is 8.90. The number of aromatic nitrogens is 3. The Balaban J connectivity index is 1.29. The van der Waals surface area contributed by atoms with Crippen LogP contribution in [0.25, 0.3) is 11.4 Å². The topological polar surface area (TPSA) is 118 Å². The Kier molecular flexibility index (Phi) is 5.95. The van der Waals surface area contributed by atoms with Crippen LogP contribution in [0.3, 0.4) is 0 Å². The summed E-state index contributed by atoms with van der Waals surface area (Å²) < 4.78 is 33.8. The maximum atomic E-state index is 13.5. The van der Waals surface area contributed by atoms with E-state index in [2.05, 4.69) is 20.4 Å². The third-order valence-corrected chi connectivity index (χ3v) is 8.55. The van der Waals surface area contributed by atoms with E-state index in [1.165, 1.54) is 4.31 Å². The fourth-order valence-electron chi connectivity index (χ4n) is 4.20. The molecule has 9 nitrogen and oxygen atoms in total. The zero-order valence-corrected chi connectivity index (χ0v) is 20.0. The highest BCUT2D eigenvalue weighted by atomic mass is 32.2. The van der Waals surface area contributed by atoms with Gasteiger partial charge in [0, 0.05) is 36.7 Å². The summed E-state index contributed by atoms with van der Waals surface area (Å²) >= 11 is 0. The van der Waals surface area contributed by atoms with E-state index >= 15 is 0 Å². The molecule has 1 N–H and O–H groups in total.